The van der Waals surface area contributed by atoms with Crippen molar-refractivity contribution in [3.8, 4) is 17.6 Å². The molecule has 1 aromatic carbocycles. The number of benzene rings is 1. The maximum absolute atomic E-state index is 5.69. The number of ether oxygens (including phenoxy) is 1. The minimum Gasteiger partial charge on any atom is -0.493 e. The average molecular weight is 288 g/mol. The molecular formula is C14H16N4OS. The molecule has 0 radical (unpaired) electrons. The molecule has 6 heteroatoms. The van der Waals surface area contributed by atoms with Gasteiger partial charge >= 0.3 is 0 Å². The van der Waals surface area contributed by atoms with Gasteiger partial charge in [0.1, 0.15) is 12.1 Å². The molecule has 5 nitrogen and oxygen atoms in total. The highest BCUT2D eigenvalue weighted by Gasteiger charge is 2.01. The Hall–Kier alpha value is -1.97. The average Bonchev–Trinajstić information content (AvgIpc) is 2.87. The Balaban J connectivity index is 1.81. The first-order valence-corrected chi connectivity index (χ1v) is 7.17. The van der Waals surface area contributed by atoms with Crippen molar-refractivity contribution in [1.82, 2.24) is 14.8 Å². The van der Waals surface area contributed by atoms with Gasteiger partial charge in [-0.2, -0.15) is 5.10 Å². The first-order valence-electron chi connectivity index (χ1n) is 6.18. The third-order valence-corrected chi connectivity index (χ3v) is 3.42. The predicted octanol–water partition coefficient (Wildman–Crippen LogP) is 1.30. The van der Waals surface area contributed by atoms with Gasteiger partial charge in [-0.25, -0.2) is 9.67 Å². The zero-order chi connectivity index (χ0) is 14.2. The lowest BCUT2D eigenvalue weighted by Gasteiger charge is -2.06. The molecule has 0 aliphatic carbocycles. The van der Waals surface area contributed by atoms with Gasteiger partial charge < -0.3 is 10.5 Å². The van der Waals surface area contributed by atoms with Gasteiger partial charge in [0.15, 0.2) is 5.16 Å². The number of hydrogen-bond acceptors (Lipinski definition) is 5. The third-order valence-electron chi connectivity index (χ3n) is 2.42. The van der Waals surface area contributed by atoms with Crippen molar-refractivity contribution in [3.63, 3.8) is 0 Å². The Kier molecular flexibility index (Phi) is 5.47. The fourth-order valence-electron chi connectivity index (χ4n) is 1.53. The van der Waals surface area contributed by atoms with Crippen LogP contribution in [0.4, 0.5) is 0 Å². The van der Waals surface area contributed by atoms with E-state index in [1.54, 1.807) is 22.8 Å². The number of thioether (sulfide) groups is 1. The van der Waals surface area contributed by atoms with Crippen molar-refractivity contribution in [3.05, 3.63) is 36.2 Å². The number of hydrogen-bond donors (Lipinski definition) is 1. The summed E-state index contributed by atoms with van der Waals surface area (Å²) in [6, 6.07) is 7.69. The van der Waals surface area contributed by atoms with Crippen molar-refractivity contribution in [2.24, 2.45) is 12.8 Å². The smallest absolute Gasteiger partial charge is 0.185 e. The largest absolute Gasteiger partial charge is 0.493 e. The van der Waals surface area contributed by atoms with Crippen LogP contribution in [0.1, 0.15) is 5.56 Å². The molecular weight excluding hydrogens is 272 g/mol. The Morgan fingerprint density at radius 1 is 1.45 bits per heavy atom. The number of nitrogens with two attached hydrogens (primary N) is 1. The van der Waals surface area contributed by atoms with Crippen LogP contribution in [0.5, 0.6) is 5.75 Å². The van der Waals surface area contributed by atoms with Gasteiger partial charge in [-0.05, 0) is 18.2 Å². The Labute approximate surface area is 122 Å². The van der Waals surface area contributed by atoms with Gasteiger partial charge in [-0.1, -0.05) is 29.7 Å². The first kappa shape index (κ1) is 14.4. The van der Waals surface area contributed by atoms with Crippen LogP contribution in [0, 0.1) is 11.8 Å². The summed E-state index contributed by atoms with van der Waals surface area (Å²) in [6.07, 6.45) is 1.54. The number of aryl methyl sites for hydroxylation is 1. The van der Waals surface area contributed by atoms with E-state index in [1.807, 2.05) is 31.3 Å². The van der Waals surface area contributed by atoms with Crippen LogP contribution >= 0.6 is 11.8 Å². The van der Waals surface area contributed by atoms with Crippen LogP contribution in [0.25, 0.3) is 0 Å². The van der Waals surface area contributed by atoms with E-state index >= 15 is 0 Å². The number of aromatic nitrogens is 3. The van der Waals surface area contributed by atoms with Crippen molar-refractivity contribution < 1.29 is 4.74 Å². The second-order valence-electron chi connectivity index (χ2n) is 3.90. The van der Waals surface area contributed by atoms with E-state index in [1.165, 1.54) is 0 Å². The van der Waals surface area contributed by atoms with E-state index in [-0.39, 0.29) is 0 Å². The lowest BCUT2D eigenvalue weighted by atomic mass is 10.2. The molecule has 2 aromatic rings. The minimum atomic E-state index is 0.361. The van der Waals surface area contributed by atoms with Crippen LogP contribution in [-0.2, 0) is 7.05 Å². The van der Waals surface area contributed by atoms with Crippen molar-refractivity contribution in [2.75, 3.05) is 18.9 Å². The molecule has 0 aliphatic rings. The predicted molar refractivity (Wildman–Crippen MR) is 79.6 cm³/mol. The van der Waals surface area contributed by atoms with Gasteiger partial charge in [-0.15, -0.1) is 0 Å². The highest BCUT2D eigenvalue weighted by Crippen LogP contribution is 2.15. The lowest BCUT2D eigenvalue weighted by molar-refractivity contribution is 0.343. The van der Waals surface area contributed by atoms with Crippen LogP contribution < -0.4 is 10.5 Å². The Morgan fingerprint density at radius 3 is 3.10 bits per heavy atom. The van der Waals surface area contributed by atoms with E-state index in [0.717, 1.165) is 22.2 Å². The second kappa shape index (κ2) is 7.58. The minimum absolute atomic E-state index is 0.361. The molecule has 0 unspecified atom stereocenters. The third kappa shape index (κ3) is 4.30. The molecule has 0 fully saturated rings. The fraction of sp³-hybridized carbons (Fsp3) is 0.286. The van der Waals surface area contributed by atoms with Gasteiger partial charge in [-0.3, -0.25) is 0 Å². The summed E-state index contributed by atoms with van der Waals surface area (Å²) in [6.45, 7) is 0.963. The maximum atomic E-state index is 5.69. The molecule has 104 valence electrons. The quantitative estimate of drug-likeness (QED) is 0.510. The summed E-state index contributed by atoms with van der Waals surface area (Å²) in [7, 11) is 1.87. The molecule has 0 amide bonds. The van der Waals surface area contributed by atoms with Gasteiger partial charge in [0.25, 0.3) is 0 Å². The highest BCUT2D eigenvalue weighted by atomic mass is 32.2. The van der Waals surface area contributed by atoms with Crippen LogP contribution in [0.3, 0.4) is 0 Å². The van der Waals surface area contributed by atoms with Gasteiger partial charge in [0.2, 0.25) is 0 Å². The molecule has 0 atom stereocenters. The molecule has 20 heavy (non-hydrogen) atoms. The summed E-state index contributed by atoms with van der Waals surface area (Å²) in [5.74, 6) is 7.43. The maximum Gasteiger partial charge on any atom is 0.185 e. The molecule has 1 heterocycles. The zero-order valence-electron chi connectivity index (χ0n) is 11.2. The van der Waals surface area contributed by atoms with Crippen molar-refractivity contribution in [2.45, 2.75) is 5.16 Å². The van der Waals surface area contributed by atoms with Crippen molar-refractivity contribution >= 4 is 11.8 Å². The lowest BCUT2D eigenvalue weighted by Crippen LogP contribution is -2.02. The van der Waals surface area contributed by atoms with E-state index in [4.69, 9.17) is 10.5 Å². The topological polar surface area (TPSA) is 66.0 Å². The first-order chi connectivity index (χ1) is 9.79. The number of nitrogens with zero attached hydrogens (tertiary/aromatic N) is 3. The number of rotatable bonds is 5. The van der Waals surface area contributed by atoms with Gasteiger partial charge in [0.05, 0.1) is 13.2 Å². The fourth-order valence-corrected chi connectivity index (χ4v) is 2.23. The van der Waals surface area contributed by atoms with Crippen LogP contribution in [-0.4, -0.2) is 33.7 Å². The zero-order valence-corrected chi connectivity index (χ0v) is 12.1. The molecule has 2 rings (SSSR count). The van der Waals surface area contributed by atoms with E-state index in [9.17, 15) is 0 Å². The highest BCUT2D eigenvalue weighted by molar-refractivity contribution is 7.99. The van der Waals surface area contributed by atoms with E-state index in [0.29, 0.717) is 13.2 Å². The van der Waals surface area contributed by atoms with Crippen molar-refractivity contribution in [1.29, 1.82) is 0 Å². The summed E-state index contributed by atoms with van der Waals surface area (Å²) < 4.78 is 7.43. The SMILES string of the molecule is Cn1ncnc1SCCOc1cccc(C#CCN)c1. The monoisotopic (exact) mass is 288 g/mol. The Morgan fingerprint density at radius 2 is 2.35 bits per heavy atom. The second-order valence-corrected chi connectivity index (χ2v) is 4.96. The van der Waals surface area contributed by atoms with Crippen LogP contribution in [0.15, 0.2) is 35.7 Å². The summed E-state index contributed by atoms with van der Waals surface area (Å²) in [5, 5.41) is 4.90. The normalized spacial score (nSPS) is 9.90. The summed E-state index contributed by atoms with van der Waals surface area (Å²) in [4.78, 5) is 4.14. The molecule has 0 saturated carbocycles. The molecule has 0 aliphatic heterocycles. The Bertz CT molecular complexity index is 615. The molecule has 0 spiro atoms. The van der Waals surface area contributed by atoms with Crippen LogP contribution in [0.2, 0.25) is 0 Å². The van der Waals surface area contributed by atoms with Gasteiger partial charge in [0, 0.05) is 18.4 Å². The molecule has 0 bridgehead atoms. The standard InChI is InChI=1S/C14H16N4OS/c1-18-14(16-11-17-18)20-9-8-19-13-6-2-4-12(10-13)5-3-7-15/h2,4,6,10-11H,7-9,15H2,1H3. The molecule has 0 saturated heterocycles. The van der Waals surface area contributed by atoms with E-state index < -0.39 is 0 Å². The van der Waals surface area contributed by atoms with E-state index in [2.05, 4.69) is 21.9 Å². The summed E-state index contributed by atoms with van der Waals surface area (Å²) in [5.41, 5.74) is 6.26. The molecule has 2 N–H and O–H groups in total. The molecule has 1 aromatic heterocycles. The summed E-state index contributed by atoms with van der Waals surface area (Å²) >= 11 is 1.61.